The van der Waals surface area contributed by atoms with E-state index in [1.165, 1.54) is 11.1 Å². The molecule has 0 unspecified atom stereocenters. The average molecular weight is 358 g/mol. The summed E-state index contributed by atoms with van der Waals surface area (Å²) in [4.78, 5) is 31.7. The number of aromatic nitrogens is 2. The summed E-state index contributed by atoms with van der Waals surface area (Å²) in [6.45, 7) is 12.2. The molecule has 0 fully saturated rings. The van der Waals surface area contributed by atoms with Gasteiger partial charge in [-0.3, -0.25) is 4.79 Å². The molecule has 0 saturated heterocycles. The van der Waals surface area contributed by atoms with Gasteiger partial charge in [0.25, 0.3) is 0 Å². The number of carbonyl (C=O) groups excluding carboxylic acids is 2. The molecule has 0 aliphatic heterocycles. The number of aromatic amines is 2. The summed E-state index contributed by atoms with van der Waals surface area (Å²) in [6.07, 6.45) is 2.86. The van der Waals surface area contributed by atoms with Crippen LogP contribution in [0.3, 0.4) is 0 Å². The molecular weight excluding hydrogens is 328 g/mol. The van der Waals surface area contributed by atoms with Crippen LogP contribution in [0.2, 0.25) is 0 Å². The summed E-state index contributed by atoms with van der Waals surface area (Å²) >= 11 is 0. The Morgan fingerprint density at radius 2 is 1.62 bits per heavy atom. The van der Waals surface area contributed by atoms with E-state index in [4.69, 9.17) is 4.74 Å². The van der Waals surface area contributed by atoms with Gasteiger partial charge in [0, 0.05) is 35.5 Å². The molecule has 0 amide bonds. The second-order valence-electron chi connectivity index (χ2n) is 6.88. The van der Waals surface area contributed by atoms with Crippen molar-refractivity contribution in [3.05, 3.63) is 45.0 Å². The Bertz CT molecular complexity index is 812. The van der Waals surface area contributed by atoms with Gasteiger partial charge in [-0.25, -0.2) is 4.79 Å². The number of Topliss-reactive ketones (excluding diaryl/α,β-unsaturated/α-hetero) is 1. The topological polar surface area (TPSA) is 75.0 Å². The van der Waals surface area contributed by atoms with Crippen LogP contribution in [-0.4, -0.2) is 28.3 Å². The zero-order valence-corrected chi connectivity index (χ0v) is 16.8. The van der Waals surface area contributed by atoms with Crippen molar-refractivity contribution in [1.29, 1.82) is 0 Å². The van der Waals surface area contributed by atoms with E-state index in [0.717, 1.165) is 29.9 Å². The number of unbranched alkanes of at least 4 members (excludes halogenated alkanes) is 1. The first kappa shape index (κ1) is 20.0. The molecule has 0 bridgehead atoms. The Morgan fingerprint density at radius 3 is 2.15 bits per heavy atom. The molecule has 2 rings (SSSR count). The first-order valence-electron chi connectivity index (χ1n) is 9.38. The third-order valence-electron chi connectivity index (χ3n) is 5.11. The maximum atomic E-state index is 12.8. The molecule has 2 heterocycles. The van der Waals surface area contributed by atoms with E-state index in [0.29, 0.717) is 36.3 Å². The van der Waals surface area contributed by atoms with Gasteiger partial charge in [-0.1, -0.05) is 13.3 Å². The van der Waals surface area contributed by atoms with E-state index in [1.54, 1.807) is 6.92 Å². The van der Waals surface area contributed by atoms with Crippen molar-refractivity contribution >= 4 is 11.8 Å². The van der Waals surface area contributed by atoms with Crippen molar-refractivity contribution in [2.24, 2.45) is 0 Å². The van der Waals surface area contributed by atoms with Crippen LogP contribution in [0.15, 0.2) is 0 Å². The number of hydrogen-bond acceptors (Lipinski definition) is 3. The average Bonchev–Trinajstić information content (AvgIpc) is 3.05. The third-order valence-corrected chi connectivity index (χ3v) is 5.11. The number of hydrogen-bond donors (Lipinski definition) is 2. The fourth-order valence-electron chi connectivity index (χ4n) is 3.31. The summed E-state index contributed by atoms with van der Waals surface area (Å²) in [7, 11) is 0. The van der Waals surface area contributed by atoms with Gasteiger partial charge in [-0.15, -0.1) is 0 Å². The second kappa shape index (κ2) is 8.39. The van der Waals surface area contributed by atoms with Crippen LogP contribution in [0.25, 0.3) is 0 Å². The first-order valence-corrected chi connectivity index (χ1v) is 9.38. The molecule has 2 aromatic heterocycles. The zero-order valence-electron chi connectivity index (χ0n) is 16.8. The van der Waals surface area contributed by atoms with Crippen LogP contribution in [0.5, 0.6) is 0 Å². The molecule has 26 heavy (non-hydrogen) atoms. The van der Waals surface area contributed by atoms with Gasteiger partial charge in [0.1, 0.15) is 5.69 Å². The molecule has 0 spiro atoms. The highest BCUT2D eigenvalue weighted by Gasteiger charge is 2.25. The zero-order chi connectivity index (χ0) is 19.4. The van der Waals surface area contributed by atoms with E-state index >= 15 is 0 Å². The van der Waals surface area contributed by atoms with Crippen LogP contribution >= 0.6 is 0 Å². The van der Waals surface area contributed by atoms with Crippen LogP contribution in [-0.2, 0) is 11.2 Å². The summed E-state index contributed by atoms with van der Waals surface area (Å²) < 4.78 is 5.15. The fraction of sp³-hybridized carbons (Fsp3) is 0.524. The molecule has 0 aromatic carbocycles. The fourth-order valence-corrected chi connectivity index (χ4v) is 3.31. The van der Waals surface area contributed by atoms with Gasteiger partial charge in [0.2, 0.25) is 0 Å². The monoisotopic (exact) mass is 358 g/mol. The molecule has 142 valence electrons. The lowest BCUT2D eigenvalue weighted by atomic mass is 9.98. The predicted molar refractivity (Wildman–Crippen MR) is 103 cm³/mol. The number of aryl methyl sites for hydroxylation is 1. The van der Waals surface area contributed by atoms with Gasteiger partial charge >= 0.3 is 5.97 Å². The van der Waals surface area contributed by atoms with Crippen molar-refractivity contribution in [2.45, 2.75) is 67.2 Å². The Kier molecular flexibility index (Phi) is 6.46. The molecule has 5 heteroatoms. The number of ether oxygens (including phenoxy) is 1. The molecule has 0 atom stereocenters. The standard InChI is InChI=1S/C21H30N2O3/c1-7-9-10-18(24)19-14(5)20(21(25)26-8-2)23-17(19)11-16-13(4)12(3)15(6)22-16/h22-23H,7-11H2,1-6H3. The molecule has 0 aliphatic rings. The molecule has 0 saturated carbocycles. The molecule has 5 nitrogen and oxygen atoms in total. The maximum absolute atomic E-state index is 12.8. The number of H-pyrrole nitrogens is 2. The van der Waals surface area contributed by atoms with Gasteiger partial charge < -0.3 is 14.7 Å². The summed E-state index contributed by atoms with van der Waals surface area (Å²) in [5.74, 6) is -0.319. The molecule has 2 N–H and O–H groups in total. The van der Waals surface area contributed by atoms with E-state index in [1.807, 2.05) is 13.8 Å². The van der Waals surface area contributed by atoms with Gasteiger partial charge in [-0.05, 0) is 57.7 Å². The minimum absolute atomic E-state index is 0.0869. The SMILES string of the molecule is CCCCC(=O)c1c(Cc2[nH]c(C)c(C)c2C)[nH]c(C(=O)OCC)c1C. The van der Waals surface area contributed by atoms with E-state index in [-0.39, 0.29) is 5.78 Å². The smallest absolute Gasteiger partial charge is 0.355 e. The Balaban J connectivity index is 2.47. The first-order chi connectivity index (χ1) is 12.3. The minimum Gasteiger partial charge on any atom is -0.461 e. The van der Waals surface area contributed by atoms with Crippen LogP contribution in [0.4, 0.5) is 0 Å². The van der Waals surface area contributed by atoms with Crippen molar-refractivity contribution < 1.29 is 14.3 Å². The summed E-state index contributed by atoms with van der Waals surface area (Å²) in [5, 5.41) is 0. The third kappa shape index (κ3) is 3.92. The van der Waals surface area contributed by atoms with Crippen molar-refractivity contribution in [2.75, 3.05) is 6.61 Å². The highest BCUT2D eigenvalue weighted by atomic mass is 16.5. The van der Waals surface area contributed by atoms with Gasteiger partial charge in [0.05, 0.1) is 6.61 Å². The largest absolute Gasteiger partial charge is 0.461 e. The quantitative estimate of drug-likeness (QED) is 0.530. The summed E-state index contributed by atoms with van der Waals surface area (Å²) in [6, 6.07) is 0. The van der Waals surface area contributed by atoms with E-state index in [9.17, 15) is 9.59 Å². The number of rotatable bonds is 8. The van der Waals surface area contributed by atoms with Crippen LogP contribution in [0.1, 0.15) is 87.7 Å². The molecule has 0 radical (unpaired) electrons. The maximum Gasteiger partial charge on any atom is 0.355 e. The number of carbonyl (C=O) groups is 2. The van der Waals surface area contributed by atoms with Gasteiger partial charge in [-0.2, -0.15) is 0 Å². The highest BCUT2D eigenvalue weighted by molar-refractivity contribution is 6.02. The predicted octanol–water partition coefficient (Wildman–Crippen LogP) is 4.72. The Labute approximate surface area is 155 Å². The van der Waals surface area contributed by atoms with E-state index in [2.05, 4.69) is 30.7 Å². The van der Waals surface area contributed by atoms with E-state index < -0.39 is 5.97 Å². The molecule has 0 aliphatic carbocycles. The lowest BCUT2D eigenvalue weighted by Gasteiger charge is -2.05. The molecule has 2 aromatic rings. The lowest BCUT2D eigenvalue weighted by Crippen LogP contribution is -2.07. The molecular formula is C21H30N2O3. The minimum atomic E-state index is -0.406. The van der Waals surface area contributed by atoms with Crippen molar-refractivity contribution in [3.63, 3.8) is 0 Å². The normalized spacial score (nSPS) is 11.0. The second-order valence-corrected chi connectivity index (χ2v) is 6.88. The number of ketones is 1. The van der Waals surface area contributed by atoms with Gasteiger partial charge in [0.15, 0.2) is 5.78 Å². The highest BCUT2D eigenvalue weighted by Crippen LogP contribution is 2.26. The van der Waals surface area contributed by atoms with Crippen molar-refractivity contribution in [3.8, 4) is 0 Å². The van der Waals surface area contributed by atoms with Crippen LogP contribution < -0.4 is 0 Å². The Hall–Kier alpha value is -2.30. The number of nitrogens with one attached hydrogen (secondary N) is 2. The lowest BCUT2D eigenvalue weighted by molar-refractivity contribution is 0.0519. The van der Waals surface area contributed by atoms with Crippen molar-refractivity contribution in [1.82, 2.24) is 9.97 Å². The van der Waals surface area contributed by atoms with Crippen LogP contribution in [0, 0.1) is 27.7 Å². The Morgan fingerprint density at radius 1 is 0.923 bits per heavy atom. The number of esters is 1. The summed E-state index contributed by atoms with van der Waals surface area (Å²) in [5.41, 5.74) is 7.14.